The summed E-state index contributed by atoms with van der Waals surface area (Å²) in [6.07, 6.45) is 4.23. The monoisotopic (exact) mass is 410 g/mol. The Morgan fingerprint density at radius 3 is 2.32 bits per heavy atom. The summed E-state index contributed by atoms with van der Waals surface area (Å²) < 4.78 is 13.8. The smallest absolute Gasteiger partial charge is 0.151 e. The Labute approximate surface area is 173 Å². The number of carbonyl (C=O) groups excluding carboxylic acids is 1. The standard InChI is InChI=1S/C14H11ClFNO.C4H10N2.C2H6.CH5N/c15-6-10-1-2-13(14(16)5-10)4-11-3-12(9-18)8-17-7-11;1-4(5)3-6-2;2*1-2/h1-3,5,7-9H,4,6H2;5-6H,3H2,1-2H3;1-2H3;2H2,1H3. The minimum atomic E-state index is -0.287. The SMILES string of the molecule is CC.CN.CNCC(C)=N.O=Cc1cncc(Cc2ccc(CCl)cc2F)c1. The number of halogens is 2. The largest absolute Gasteiger partial charge is 0.333 e. The highest BCUT2D eigenvalue weighted by Crippen LogP contribution is 2.16. The molecule has 1 heterocycles. The van der Waals surface area contributed by atoms with Crippen molar-refractivity contribution in [2.45, 2.75) is 33.1 Å². The number of alkyl halides is 1. The van der Waals surface area contributed by atoms with Gasteiger partial charge in [-0.3, -0.25) is 9.78 Å². The molecule has 2 aromatic rings. The highest BCUT2D eigenvalue weighted by atomic mass is 35.5. The average molecular weight is 411 g/mol. The van der Waals surface area contributed by atoms with E-state index in [1.807, 2.05) is 20.9 Å². The Hall–Kier alpha value is -2.15. The summed E-state index contributed by atoms with van der Waals surface area (Å²) in [5.74, 6) is 0.00370. The number of hydrogen-bond acceptors (Lipinski definition) is 5. The first kappa shape index (κ1) is 28.1. The molecule has 4 N–H and O–H groups in total. The van der Waals surface area contributed by atoms with Crippen LogP contribution in [-0.2, 0) is 12.3 Å². The van der Waals surface area contributed by atoms with Crippen molar-refractivity contribution in [3.63, 3.8) is 0 Å². The van der Waals surface area contributed by atoms with E-state index in [9.17, 15) is 9.18 Å². The number of nitrogens with one attached hydrogen (secondary N) is 2. The third kappa shape index (κ3) is 12.3. The van der Waals surface area contributed by atoms with Crippen LogP contribution in [0.3, 0.4) is 0 Å². The summed E-state index contributed by atoms with van der Waals surface area (Å²) in [6, 6.07) is 6.64. The second-order valence-corrected chi connectivity index (χ2v) is 5.56. The lowest BCUT2D eigenvalue weighted by Gasteiger charge is -2.05. The molecule has 156 valence electrons. The van der Waals surface area contributed by atoms with Crippen LogP contribution in [-0.4, -0.2) is 37.6 Å². The van der Waals surface area contributed by atoms with Gasteiger partial charge in [-0.05, 0) is 49.8 Å². The van der Waals surface area contributed by atoms with E-state index in [1.54, 1.807) is 31.3 Å². The lowest BCUT2D eigenvalue weighted by molar-refractivity contribution is 0.112. The molecule has 5 nitrogen and oxygen atoms in total. The van der Waals surface area contributed by atoms with Crippen LogP contribution in [0.5, 0.6) is 0 Å². The van der Waals surface area contributed by atoms with Crippen LogP contribution in [0.25, 0.3) is 0 Å². The first-order chi connectivity index (χ1) is 13.5. The van der Waals surface area contributed by atoms with Crippen molar-refractivity contribution in [2.24, 2.45) is 5.73 Å². The van der Waals surface area contributed by atoms with Crippen LogP contribution in [0.15, 0.2) is 36.7 Å². The normalized spacial score (nSPS) is 8.86. The Kier molecular flexibility index (Phi) is 18.3. The highest BCUT2D eigenvalue weighted by Gasteiger charge is 2.05. The molecule has 0 unspecified atom stereocenters. The van der Waals surface area contributed by atoms with Gasteiger partial charge < -0.3 is 16.5 Å². The maximum atomic E-state index is 13.8. The molecule has 0 spiro atoms. The van der Waals surface area contributed by atoms with Crippen LogP contribution in [0.1, 0.15) is 47.8 Å². The number of nitrogens with zero attached hydrogens (tertiary/aromatic N) is 1. The molecule has 1 aromatic heterocycles. The van der Waals surface area contributed by atoms with Crippen molar-refractivity contribution in [3.05, 3.63) is 64.7 Å². The molecule has 0 amide bonds. The van der Waals surface area contributed by atoms with E-state index in [0.29, 0.717) is 35.7 Å². The van der Waals surface area contributed by atoms with Crippen LogP contribution >= 0.6 is 11.6 Å². The number of benzene rings is 1. The number of rotatable bonds is 6. The van der Waals surface area contributed by atoms with Gasteiger partial charge >= 0.3 is 0 Å². The van der Waals surface area contributed by atoms with Crippen LogP contribution in [0.2, 0.25) is 0 Å². The van der Waals surface area contributed by atoms with Crippen molar-refractivity contribution in [1.82, 2.24) is 10.3 Å². The van der Waals surface area contributed by atoms with Crippen molar-refractivity contribution in [1.29, 1.82) is 5.41 Å². The van der Waals surface area contributed by atoms with E-state index in [4.69, 9.17) is 17.0 Å². The summed E-state index contributed by atoms with van der Waals surface area (Å²) in [4.78, 5) is 14.6. The highest BCUT2D eigenvalue weighted by molar-refractivity contribution is 6.17. The van der Waals surface area contributed by atoms with Gasteiger partial charge in [0, 0.05) is 42.5 Å². The van der Waals surface area contributed by atoms with E-state index in [-0.39, 0.29) is 5.82 Å². The maximum Gasteiger partial charge on any atom is 0.151 e. The quantitative estimate of drug-likeness (QED) is 0.378. The van der Waals surface area contributed by atoms with E-state index >= 15 is 0 Å². The Bertz CT molecular complexity index is 696. The number of aromatic nitrogens is 1. The zero-order valence-corrected chi connectivity index (χ0v) is 18.1. The number of carbonyl (C=O) groups is 1. The fourth-order valence-corrected chi connectivity index (χ4v) is 2.14. The van der Waals surface area contributed by atoms with Gasteiger partial charge in [0.2, 0.25) is 0 Å². The fourth-order valence-electron chi connectivity index (χ4n) is 1.97. The molecule has 0 atom stereocenters. The maximum absolute atomic E-state index is 13.8. The Morgan fingerprint density at radius 2 is 1.89 bits per heavy atom. The number of hydrogen-bond donors (Lipinski definition) is 3. The molecular weight excluding hydrogens is 379 g/mol. The third-order valence-corrected chi connectivity index (χ3v) is 3.37. The molecule has 0 bridgehead atoms. The Morgan fingerprint density at radius 1 is 1.25 bits per heavy atom. The second kappa shape index (κ2) is 18.2. The lowest BCUT2D eigenvalue weighted by atomic mass is 10.0. The van der Waals surface area contributed by atoms with Crippen LogP contribution in [0.4, 0.5) is 4.39 Å². The van der Waals surface area contributed by atoms with E-state index in [1.165, 1.54) is 19.3 Å². The zero-order valence-electron chi connectivity index (χ0n) is 17.4. The Balaban J connectivity index is 0. The lowest BCUT2D eigenvalue weighted by Crippen LogP contribution is -2.14. The van der Waals surface area contributed by atoms with Gasteiger partial charge in [-0.2, -0.15) is 0 Å². The van der Waals surface area contributed by atoms with Crippen LogP contribution < -0.4 is 11.1 Å². The first-order valence-electron chi connectivity index (χ1n) is 8.98. The molecule has 7 heteroatoms. The fraction of sp³-hybridized carbons (Fsp3) is 0.381. The number of pyridine rings is 1. The molecule has 0 saturated carbocycles. The van der Waals surface area contributed by atoms with Crippen LogP contribution in [0, 0.1) is 11.2 Å². The average Bonchev–Trinajstić information content (AvgIpc) is 2.73. The molecule has 0 aliphatic rings. The predicted octanol–water partition coefficient (Wildman–Crippen LogP) is 4.21. The molecule has 2 rings (SSSR count). The number of aldehydes is 1. The second-order valence-electron chi connectivity index (χ2n) is 5.29. The van der Waals surface area contributed by atoms with Gasteiger partial charge in [0.25, 0.3) is 0 Å². The van der Waals surface area contributed by atoms with Gasteiger partial charge in [0.15, 0.2) is 6.29 Å². The van der Waals surface area contributed by atoms with E-state index in [0.717, 1.165) is 17.4 Å². The topological polar surface area (TPSA) is 91.9 Å². The minimum absolute atomic E-state index is 0.287. The van der Waals surface area contributed by atoms with Gasteiger partial charge in [-0.15, -0.1) is 11.6 Å². The zero-order chi connectivity index (χ0) is 21.9. The molecule has 0 aliphatic carbocycles. The third-order valence-electron chi connectivity index (χ3n) is 3.06. The molecule has 0 fully saturated rings. The summed E-state index contributed by atoms with van der Waals surface area (Å²) >= 11 is 5.64. The van der Waals surface area contributed by atoms with E-state index < -0.39 is 0 Å². The van der Waals surface area contributed by atoms with Crippen molar-refractivity contribution >= 4 is 23.6 Å². The van der Waals surface area contributed by atoms with Crippen molar-refractivity contribution < 1.29 is 9.18 Å². The minimum Gasteiger partial charge on any atom is -0.333 e. The van der Waals surface area contributed by atoms with Gasteiger partial charge in [-0.1, -0.05) is 26.0 Å². The van der Waals surface area contributed by atoms with Crippen molar-refractivity contribution in [2.75, 3.05) is 20.6 Å². The molecule has 0 radical (unpaired) electrons. The summed E-state index contributed by atoms with van der Waals surface area (Å²) in [6.45, 7) is 6.48. The summed E-state index contributed by atoms with van der Waals surface area (Å²) in [5.41, 5.74) is 7.78. The van der Waals surface area contributed by atoms with Gasteiger partial charge in [-0.25, -0.2) is 4.39 Å². The molecular formula is C21H32ClFN4O. The number of nitrogens with two attached hydrogens (primary N) is 1. The first-order valence-corrected chi connectivity index (χ1v) is 9.52. The summed E-state index contributed by atoms with van der Waals surface area (Å²) in [5, 5.41) is 9.67. The predicted molar refractivity (Wildman–Crippen MR) is 117 cm³/mol. The summed E-state index contributed by atoms with van der Waals surface area (Å²) in [7, 11) is 3.33. The molecule has 0 aliphatic heterocycles. The molecule has 28 heavy (non-hydrogen) atoms. The van der Waals surface area contributed by atoms with Gasteiger partial charge in [0.1, 0.15) is 5.82 Å². The molecule has 0 saturated heterocycles. The van der Waals surface area contributed by atoms with Crippen molar-refractivity contribution in [3.8, 4) is 0 Å². The van der Waals surface area contributed by atoms with Gasteiger partial charge in [0.05, 0.1) is 0 Å². The van der Waals surface area contributed by atoms with E-state index in [2.05, 4.69) is 16.0 Å². The molecule has 1 aromatic carbocycles.